The van der Waals surface area contributed by atoms with Crippen molar-refractivity contribution in [2.45, 2.75) is 37.4 Å². The maximum atomic E-state index is 12.7. The third kappa shape index (κ3) is 4.14. The number of alkyl halides is 3. The van der Waals surface area contributed by atoms with Crippen LogP contribution >= 0.6 is 0 Å². The number of hydrogen-bond donors (Lipinski definition) is 2. The average Bonchev–Trinajstić information content (AvgIpc) is 2.85. The number of piperidine rings is 1. The molecule has 1 aromatic carbocycles. The first-order valence-corrected chi connectivity index (χ1v) is 10.3. The van der Waals surface area contributed by atoms with E-state index in [1.807, 2.05) is 5.32 Å². The van der Waals surface area contributed by atoms with Crippen molar-refractivity contribution >= 4 is 22.0 Å². The molecule has 3 amide bonds. The Morgan fingerprint density at radius 3 is 2.18 bits per heavy atom. The van der Waals surface area contributed by atoms with Crippen LogP contribution in [0.2, 0.25) is 0 Å². The molecular formula is C17H20F3N3O4S. The van der Waals surface area contributed by atoms with Gasteiger partial charge in [0.15, 0.2) is 0 Å². The Balaban J connectivity index is 1.63. The van der Waals surface area contributed by atoms with Gasteiger partial charge in [0.05, 0.1) is 11.3 Å². The maximum absolute atomic E-state index is 12.7. The van der Waals surface area contributed by atoms with Gasteiger partial charge in [0.1, 0.15) is 5.54 Å². The molecule has 2 aliphatic heterocycles. The first-order chi connectivity index (χ1) is 12.9. The van der Waals surface area contributed by atoms with E-state index < -0.39 is 45.0 Å². The lowest BCUT2D eigenvalue weighted by Crippen LogP contribution is -2.53. The molecule has 11 heteroatoms. The van der Waals surface area contributed by atoms with Gasteiger partial charge >= 0.3 is 12.2 Å². The predicted octanol–water partition coefficient (Wildman–Crippen LogP) is 1.81. The van der Waals surface area contributed by atoms with Crippen LogP contribution in [0, 0.1) is 0 Å². The van der Waals surface area contributed by atoms with Gasteiger partial charge in [0.25, 0.3) is 5.91 Å². The molecule has 2 fully saturated rings. The fraction of sp³-hybridized carbons (Fsp3) is 0.529. The molecule has 28 heavy (non-hydrogen) atoms. The molecule has 7 nitrogen and oxygen atoms in total. The standard InChI is InChI=1S/C17H20F3N3O4S/c1-16(14(24)21-15(25)22-16)10-28(26,27)23-8-6-12(7-9-23)11-2-4-13(5-3-11)17(18,19)20/h2-5,12H,6-10H2,1H3,(H2,21,22,24,25). The van der Waals surface area contributed by atoms with E-state index in [0.29, 0.717) is 12.8 Å². The minimum atomic E-state index is -4.39. The zero-order valence-electron chi connectivity index (χ0n) is 15.0. The van der Waals surface area contributed by atoms with Crippen LogP contribution in [0.5, 0.6) is 0 Å². The molecule has 1 unspecified atom stereocenters. The number of carbonyl (C=O) groups is 2. The van der Waals surface area contributed by atoms with E-state index in [1.54, 1.807) is 0 Å². The molecule has 0 radical (unpaired) electrons. The van der Waals surface area contributed by atoms with E-state index >= 15 is 0 Å². The number of nitrogens with zero attached hydrogens (tertiary/aromatic N) is 1. The number of benzene rings is 1. The van der Waals surface area contributed by atoms with Crippen molar-refractivity contribution in [1.82, 2.24) is 14.9 Å². The minimum absolute atomic E-state index is 0.0428. The highest BCUT2D eigenvalue weighted by molar-refractivity contribution is 7.89. The summed E-state index contributed by atoms with van der Waals surface area (Å²) in [5.74, 6) is -1.29. The highest BCUT2D eigenvalue weighted by atomic mass is 32.2. The van der Waals surface area contributed by atoms with Crippen molar-refractivity contribution in [3.63, 3.8) is 0 Å². The van der Waals surface area contributed by atoms with E-state index in [9.17, 15) is 31.2 Å². The summed E-state index contributed by atoms with van der Waals surface area (Å²) >= 11 is 0. The van der Waals surface area contributed by atoms with Crippen molar-refractivity contribution < 1.29 is 31.2 Å². The average molecular weight is 419 g/mol. The number of hydrogen-bond acceptors (Lipinski definition) is 4. The van der Waals surface area contributed by atoms with Crippen LogP contribution in [0.3, 0.4) is 0 Å². The Hall–Kier alpha value is -2.14. The second-order valence-electron chi connectivity index (χ2n) is 7.29. The van der Waals surface area contributed by atoms with Crippen LogP contribution in [-0.4, -0.2) is 49.0 Å². The molecule has 0 saturated carbocycles. The van der Waals surface area contributed by atoms with Gasteiger partial charge in [-0.05, 0) is 43.4 Å². The van der Waals surface area contributed by atoms with E-state index in [2.05, 4.69) is 5.32 Å². The number of imide groups is 1. The van der Waals surface area contributed by atoms with Gasteiger partial charge in [0.2, 0.25) is 10.0 Å². The van der Waals surface area contributed by atoms with E-state index in [4.69, 9.17) is 0 Å². The summed E-state index contributed by atoms with van der Waals surface area (Å²) in [7, 11) is -3.80. The lowest BCUT2D eigenvalue weighted by atomic mass is 9.90. The molecule has 2 heterocycles. The number of halogens is 3. The Morgan fingerprint density at radius 1 is 1.14 bits per heavy atom. The smallest absolute Gasteiger partial charge is 0.322 e. The molecule has 2 N–H and O–H groups in total. The quantitative estimate of drug-likeness (QED) is 0.728. The van der Waals surface area contributed by atoms with E-state index in [1.165, 1.54) is 23.4 Å². The largest absolute Gasteiger partial charge is 0.416 e. The van der Waals surface area contributed by atoms with E-state index in [0.717, 1.165) is 17.7 Å². The normalized spacial score (nSPS) is 24.9. The zero-order valence-corrected chi connectivity index (χ0v) is 15.9. The molecule has 2 saturated heterocycles. The Kier molecular flexibility index (Phi) is 5.17. The third-order valence-electron chi connectivity index (χ3n) is 5.15. The topological polar surface area (TPSA) is 95.6 Å². The monoisotopic (exact) mass is 419 g/mol. The molecule has 3 rings (SSSR count). The van der Waals surface area contributed by atoms with Gasteiger partial charge in [-0.1, -0.05) is 12.1 Å². The summed E-state index contributed by atoms with van der Waals surface area (Å²) in [5, 5.41) is 4.35. The number of amides is 3. The number of urea groups is 1. The second kappa shape index (κ2) is 7.03. The summed E-state index contributed by atoms with van der Waals surface area (Å²) in [4.78, 5) is 23.1. The van der Waals surface area contributed by atoms with Crippen molar-refractivity contribution in [1.29, 1.82) is 0 Å². The molecule has 0 bridgehead atoms. The van der Waals surface area contributed by atoms with Gasteiger partial charge in [-0.15, -0.1) is 0 Å². The zero-order chi connectivity index (χ0) is 20.7. The van der Waals surface area contributed by atoms with Gasteiger partial charge in [0, 0.05) is 13.1 Å². The summed E-state index contributed by atoms with van der Waals surface area (Å²) in [6.45, 7) is 1.74. The fourth-order valence-electron chi connectivity index (χ4n) is 3.55. The summed E-state index contributed by atoms with van der Waals surface area (Å²) in [6.07, 6.45) is -3.48. The Bertz CT molecular complexity index is 878. The van der Waals surface area contributed by atoms with Crippen LogP contribution < -0.4 is 10.6 Å². The van der Waals surface area contributed by atoms with Gasteiger partial charge in [-0.3, -0.25) is 10.1 Å². The van der Waals surface area contributed by atoms with Crippen molar-refractivity contribution in [3.8, 4) is 0 Å². The molecule has 0 spiro atoms. The summed E-state index contributed by atoms with van der Waals surface area (Å²) in [5.41, 5.74) is -1.51. The molecule has 0 aromatic heterocycles. The van der Waals surface area contributed by atoms with Crippen LogP contribution in [0.15, 0.2) is 24.3 Å². The predicted molar refractivity (Wildman–Crippen MR) is 93.9 cm³/mol. The summed E-state index contributed by atoms with van der Waals surface area (Å²) < 4.78 is 64.6. The minimum Gasteiger partial charge on any atom is -0.322 e. The highest BCUT2D eigenvalue weighted by Crippen LogP contribution is 2.33. The second-order valence-corrected chi connectivity index (χ2v) is 9.26. The van der Waals surface area contributed by atoms with Crippen molar-refractivity contribution in [3.05, 3.63) is 35.4 Å². The Labute approximate surface area is 160 Å². The SMILES string of the molecule is CC1(CS(=O)(=O)N2CCC(c3ccc(C(F)(F)F)cc3)CC2)NC(=O)NC1=O. The lowest BCUT2D eigenvalue weighted by molar-refractivity contribution is -0.137. The van der Waals surface area contributed by atoms with Crippen LogP contribution in [0.1, 0.15) is 36.8 Å². The van der Waals surface area contributed by atoms with Crippen LogP contribution in [0.4, 0.5) is 18.0 Å². The molecule has 1 aromatic rings. The van der Waals surface area contributed by atoms with Gasteiger partial charge < -0.3 is 5.32 Å². The van der Waals surface area contributed by atoms with E-state index in [-0.39, 0.29) is 19.0 Å². The van der Waals surface area contributed by atoms with Crippen LogP contribution in [0.25, 0.3) is 0 Å². The fourth-order valence-corrected chi connectivity index (χ4v) is 5.43. The highest BCUT2D eigenvalue weighted by Gasteiger charge is 2.46. The lowest BCUT2D eigenvalue weighted by Gasteiger charge is -2.33. The molecule has 2 aliphatic rings. The Morgan fingerprint density at radius 2 is 1.71 bits per heavy atom. The van der Waals surface area contributed by atoms with Gasteiger partial charge in [-0.25, -0.2) is 17.5 Å². The molecule has 154 valence electrons. The third-order valence-corrected chi connectivity index (χ3v) is 7.24. The van der Waals surface area contributed by atoms with Gasteiger partial charge in [-0.2, -0.15) is 13.2 Å². The van der Waals surface area contributed by atoms with Crippen molar-refractivity contribution in [2.75, 3.05) is 18.8 Å². The molecular weight excluding hydrogens is 399 g/mol. The molecule has 0 aliphatic carbocycles. The van der Waals surface area contributed by atoms with Crippen LogP contribution in [-0.2, 0) is 21.0 Å². The number of rotatable bonds is 4. The molecule has 1 atom stereocenters. The maximum Gasteiger partial charge on any atom is 0.416 e. The first kappa shape index (κ1) is 20.6. The first-order valence-electron chi connectivity index (χ1n) is 8.69. The number of sulfonamides is 1. The van der Waals surface area contributed by atoms with Crippen molar-refractivity contribution in [2.24, 2.45) is 0 Å². The number of carbonyl (C=O) groups excluding carboxylic acids is 2. The summed E-state index contributed by atoms with van der Waals surface area (Å²) in [6, 6.07) is 4.18. The number of nitrogens with one attached hydrogen (secondary N) is 2.